The molecule has 2 atom stereocenters. The number of carbonyl (C=O) groups is 1. The van der Waals surface area contributed by atoms with Gasteiger partial charge in [0.1, 0.15) is 11.0 Å². The summed E-state index contributed by atoms with van der Waals surface area (Å²) in [5.74, 6) is -1.01. The first-order chi connectivity index (χ1) is 15.4. The molecule has 2 N–H and O–H groups in total. The third kappa shape index (κ3) is 3.62. The summed E-state index contributed by atoms with van der Waals surface area (Å²) in [6, 6.07) is 1.86. The summed E-state index contributed by atoms with van der Waals surface area (Å²) in [5, 5.41) is 6.23. The molecule has 1 fully saturated rings. The van der Waals surface area contributed by atoms with E-state index in [2.05, 4.69) is 49.3 Å². The largest absolute Gasteiger partial charge is 0.365 e. The molecule has 1 aliphatic rings. The Balaban J connectivity index is 1.50. The molecule has 4 aromatic heterocycles. The summed E-state index contributed by atoms with van der Waals surface area (Å²) in [4.78, 5) is 32.7. The Morgan fingerprint density at radius 3 is 2.59 bits per heavy atom. The molecule has 0 aliphatic carbocycles. The molecule has 0 bridgehead atoms. The fraction of sp³-hybridized carbons (Fsp3) is 0.318. The SMILES string of the molecule is Cc1cn2cc(NC(=O)c3ncc(N4C[C@@H](C)N[C@@H](C)C4)c4nccnc34)cc(F)c2n1. The van der Waals surface area contributed by atoms with Crippen molar-refractivity contribution in [2.24, 2.45) is 0 Å². The highest BCUT2D eigenvalue weighted by atomic mass is 19.1. The molecule has 0 spiro atoms. The predicted molar refractivity (Wildman–Crippen MR) is 119 cm³/mol. The zero-order valence-electron chi connectivity index (χ0n) is 18.0. The third-order valence-electron chi connectivity index (χ3n) is 5.48. The molecule has 0 unspecified atom stereocenters. The highest BCUT2D eigenvalue weighted by Gasteiger charge is 2.25. The lowest BCUT2D eigenvalue weighted by atomic mass is 10.1. The summed E-state index contributed by atoms with van der Waals surface area (Å²) >= 11 is 0. The first-order valence-electron chi connectivity index (χ1n) is 10.5. The summed E-state index contributed by atoms with van der Waals surface area (Å²) in [6.07, 6.45) is 8.11. The number of carbonyl (C=O) groups excluding carboxylic acids is 1. The molecule has 164 valence electrons. The van der Waals surface area contributed by atoms with E-state index in [1.54, 1.807) is 36.1 Å². The first-order valence-corrected chi connectivity index (χ1v) is 10.5. The highest BCUT2D eigenvalue weighted by molar-refractivity contribution is 6.11. The van der Waals surface area contributed by atoms with E-state index in [0.29, 0.717) is 34.5 Å². The van der Waals surface area contributed by atoms with Crippen LogP contribution in [0.5, 0.6) is 0 Å². The van der Waals surface area contributed by atoms with E-state index in [-0.39, 0.29) is 11.3 Å². The zero-order valence-corrected chi connectivity index (χ0v) is 18.0. The van der Waals surface area contributed by atoms with Gasteiger partial charge in [-0.05, 0) is 20.8 Å². The van der Waals surface area contributed by atoms with Gasteiger partial charge in [-0.25, -0.2) is 14.4 Å². The van der Waals surface area contributed by atoms with Crippen molar-refractivity contribution < 1.29 is 9.18 Å². The van der Waals surface area contributed by atoms with Gasteiger partial charge in [-0.1, -0.05) is 0 Å². The van der Waals surface area contributed by atoms with Crippen LogP contribution in [0.15, 0.2) is 37.1 Å². The van der Waals surface area contributed by atoms with Crippen LogP contribution in [0.4, 0.5) is 15.8 Å². The van der Waals surface area contributed by atoms with Gasteiger partial charge in [-0.2, -0.15) is 0 Å². The predicted octanol–water partition coefficient (Wildman–Crippen LogP) is 2.56. The molecule has 4 aromatic rings. The molecule has 1 saturated heterocycles. The van der Waals surface area contributed by atoms with Gasteiger partial charge in [0, 0.05) is 56.0 Å². The molecule has 0 saturated carbocycles. The topological polar surface area (TPSA) is 100 Å². The Morgan fingerprint density at radius 2 is 1.84 bits per heavy atom. The number of anilines is 2. The van der Waals surface area contributed by atoms with Crippen molar-refractivity contribution in [3.63, 3.8) is 0 Å². The van der Waals surface area contributed by atoms with E-state index in [1.165, 1.54) is 12.3 Å². The number of fused-ring (bicyclic) bond motifs is 2. The van der Waals surface area contributed by atoms with Crippen LogP contribution in [0, 0.1) is 12.7 Å². The number of hydrogen-bond acceptors (Lipinski definition) is 7. The number of aryl methyl sites for hydroxylation is 1. The zero-order chi connectivity index (χ0) is 22.4. The molecular weight excluding hydrogens is 411 g/mol. The van der Waals surface area contributed by atoms with Crippen LogP contribution < -0.4 is 15.5 Å². The van der Waals surface area contributed by atoms with Crippen LogP contribution in [-0.2, 0) is 0 Å². The lowest BCUT2D eigenvalue weighted by Gasteiger charge is -2.37. The van der Waals surface area contributed by atoms with Crippen LogP contribution in [0.2, 0.25) is 0 Å². The maximum absolute atomic E-state index is 14.4. The van der Waals surface area contributed by atoms with Crippen molar-refractivity contribution in [3.05, 3.63) is 54.3 Å². The second-order valence-electron chi connectivity index (χ2n) is 8.26. The Morgan fingerprint density at radius 1 is 1.12 bits per heavy atom. The van der Waals surface area contributed by atoms with E-state index in [9.17, 15) is 9.18 Å². The average Bonchev–Trinajstić information content (AvgIpc) is 3.13. The standard InChI is InChI=1S/C22H23FN8O/c1-12-8-30(9-13(2)27-12)17-7-26-20(19-18(17)24-4-5-25-19)22(32)29-15-6-16(23)21-28-14(3)10-31(21)11-15/h4-7,10-13,27H,8-9H2,1-3H3,(H,29,32)/t12-,13+. The van der Waals surface area contributed by atoms with Crippen LogP contribution >= 0.6 is 0 Å². The number of nitrogens with one attached hydrogen (secondary N) is 2. The summed E-state index contributed by atoms with van der Waals surface area (Å²) in [6.45, 7) is 7.63. The van der Waals surface area contributed by atoms with Crippen molar-refractivity contribution in [2.45, 2.75) is 32.9 Å². The number of pyridine rings is 2. The molecule has 5 rings (SSSR count). The van der Waals surface area contributed by atoms with Gasteiger partial charge in [0.2, 0.25) is 0 Å². The second-order valence-corrected chi connectivity index (χ2v) is 8.26. The lowest BCUT2D eigenvalue weighted by molar-refractivity contribution is 0.102. The quantitative estimate of drug-likeness (QED) is 0.511. The first kappa shape index (κ1) is 20.3. The minimum Gasteiger partial charge on any atom is -0.365 e. The maximum Gasteiger partial charge on any atom is 0.276 e. The summed E-state index contributed by atoms with van der Waals surface area (Å²) < 4.78 is 15.9. The molecule has 1 aliphatic heterocycles. The average molecular weight is 434 g/mol. The number of nitrogens with zero attached hydrogens (tertiary/aromatic N) is 6. The summed E-state index contributed by atoms with van der Waals surface area (Å²) in [5.41, 5.74) is 3.18. The molecule has 10 heteroatoms. The van der Waals surface area contributed by atoms with E-state index >= 15 is 0 Å². The Bertz CT molecular complexity index is 1330. The van der Waals surface area contributed by atoms with Crippen LogP contribution in [0.1, 0.15) is 30.0 Å². The van der Waals surface area contributed by atoms with Gasteiger partial charge in [0.15, 0.2) is 17.2 Å². The Hall–Kier alpha value is -3.66. The Labute approximate surface area is 183 Å². The smallest absolute Gasteiger partial charge is 0.276 e. The Kier molecular flexibility index (Phi) is 4.93. The van der Waals surface area contributed by atoms with Crippen LogP contribution in [0.3, 0.4) is 0 Å². The van der Waals surface area contributed by atoms with Gasteiger partial charge in [-0.15, -0.1) is 0 Å². The fourth-order valence-electron chi connectivity index (χ4n) is 4.31. The van der Waals surface area contributed by atoms with E-state index < -0.39 is 11.7 Å². The fourth-order valence-corrected chi connectivity index (χ4v) is 4.31. The highest BCUT2D eigenvalue weighted by Crippen LogP contribution is 2.27. The normalized spacial score (nSPS) is 18.9. The molecule has 0 radical (unpaired) electrons. The minimum absolute atomic E-state index is 0.135. The molecular formula is C22H23FN8O. The number of piperazine rings is 1. The van der Waals surface area contributed by atoms with Gasteiger partial charge >= 0.3 is 0 Å². The van der Waals surface area contributed by atoms with Gasteiger partial charge in [0.25, 0.3) is 5.91 Å². The van der Waals surface area contributed by atoms with E-state index in [0.717, 1.165) is 18.8 Å². The number of imidazole rings is 1. The minimum atomic E-state index is -0.522. The molecule has 32 heavy (non-hydrogen) atoms. The van der Waals surface area contributed by atoms with Crippen LogP contribution in [0.25, 0.3) is 16.7 Å². The van der Waals surface area contributed by atoms with Crippen molar-refractivity contribution in [1.82, 2.24) is 29.7 Å². The van der Waals surface area contributed by atoms with Crippen molar-refractivity contribution >= 4 is 34.0 Å². The number of rotatable bonds is 3. The van der Waals surface area contributed by atoms with Crippen molar-refractivity contribution in [2.75, 3.05) is 23.3 Å². The lowest BCUT2D eigenvalue weighted by Crippen LogP contribution is -2.54. The van der Waals surface area contributed by atoms with Gasteiger partial charge in [0.05, 0.1) is 23.3 Å². The number of halogens is 1. The monoisotopic (exact) mass is 434 g/mol. The maximum atomic E-state index is 14.4. The summed E-state index contributed by atoms with van der Waals surface area (Å²) in [7, 11) is 0. The second kappa shape index (κ2) is 7.79. The van der Waals surface area contributed by atoms with Crippen molar-refractivity contribution in [1.29, 1.82) is 0 Å². The molecule has 0 aromatic carbocycles. The van der Waals surface area contributed by atoms with Crippen molar-refractivity contribution in [3.8, 4) is 0 Å². The van der Waals surface area contributed by atoms with Gasteiger partial charge in [-0.3, -0.25) is 14.8 Å². The van der Waals surface area contributed by atoms with E-state index in [1.807, 2.05) is 0 Å². The number of aromatic nitrogens is 5. The van der Waals surface area contributed by atoms with Gasteiger partial charge < -0.3 is 19.9 Å². The molecule has 1 amide bonds. The number of hydrogen-bond donors (Lipinski definition) is 2. The number of amides is 1. The van der Waals surface area contributed by atoms with Crippen LogP contribution in [-0.4, -0.2) is 55.4 Å². The van der Waals surface area contributed by atoms with E-state index in [4.69, 9.17) is 0 Å². The third-order valence-corrected chi connectivity index (χ3v) is 5.48. The molecule has 9 nitrogen and oxygen atoms in total. The molecule has 5 heterocycles.